The molecule has 5 heteroatoms. The van der Waals surface area contributed by atoms with Crippen molar-refractivity contribution in [3.05, 3.63) is 29.8 Å². The van der Waals surface area contributed by atoms with E-state index in [9.17, 15) is 5.11 Å². The Balaban J connectivity index is 1.98. The molecular weight excluding hydrogens is 260 g/mol. The van der Waals surface area contributed by atoms with Crippen molar-refractivity contribution >= 4 is 0 Å². The highest BCUT2D eigenvalue weighted by atomic mass is 16.5. The quantitative estimate of drug-likeness (QED) is 0.623. The van der Waals surface area contributed by atoms with Crippen LogP contribution in [0.25, 0.3) is 0 Å². The van der Waals surface area contributed by atoms with Gasteiger partial charge in [0, 0.05) is 7.11 Å². The predicted octanol–water partition coefficient (Wildman–Crippen LogP) is 1.41. The zero-order valence-corrected chi connectivity index (χ0v) is 12.2. The first-order valence-electron chi connectivity index (χ1n) is 6.74. The normalized spacial score (nSPS) is 12.3. The molecule has 5 nitrogen and oxygen atoms in total. The Morgan fingerprint density at radius 2 is 1.75 bits per heavy atom. The second kappa shape index (κ2) is 10.6. The summed E-state index contributed by atoms with van der Waals surface area (Å²) in [6.45, 7) is 4.40. The van der Waals surface area contributed by atoms with Gasteiger partial charge in [0.25, 0.3) is 0 Å². The third-order valence-corrected chi connectivity index (χ3v) is 2.54. The van der Waals surface area contributed by atoms with Crippen molar-refractivity contribution in [2.24, 2.45) is 0 Å². The fourth-order valence-corrected chi connectivity index (χ4v) is 1.55. The molecule has 114 valence electrons. The van der Waals surface area contributed by atoms with E-state index in [0.29, 0.717) is 26.4 Å². The van der Waals surface area contributed by atoms with E-state index in [4.69, 9.17) is 18.9 Å². The molecule has 0 saturated heterocycles. The van der Waals surface area contributed by atoms with Crippen molar-refractivity contribution in [3.8, 4) is 5.75 Å². The van der Waals surface area contributed by atoms with E-state index in [1.807, 2.05) is 31.2 Å². The van der Waals surface area contributed by atoms with E-state index >= 15 is 0 Å². The van der Waals surface area contributed by atoms with Gasteiger partial charge in [0.05, 0.1) is 33.0 Å². The van der Waals surface area contributed by atoms with Crippen LogP contribution in [0.2, 0.25) is 0 Å². The molecule has 0 aromatic heterocycles. The molecule has 0 heterocycles. The van der Waals surface area contributed by atoms with Gasteiger partial charge < -0.3 is 24.1 Å². The summed E-state index contributed by atoms with van der Waals surface area (Å²) in [7, 11) is 1.61. The van der Waals surface area contributed by atoms with Crippen LogP contribution in [-0.4, -0.2) is 58.0 Å². The average molecular weight is 284 g/mol. The van der Waals surface area contributed by atoms with Crippen LogP contribution in [0.15, 0.2) is 24.3 Å². The van der Waals surface area contributed by atoms with Crippen LogP contribution in [0, 0.1) is 6.92 Å². The van der Waals surface area contributed by atoms with Crippen molar-refractivity contribution in [1.82, 2.24) is 0 Å². The molecule has 0 fully saturated rings. The number of aliphatic hydroxyl groups is 1. The largest absolute Gasteiger partial charge is 0.491 e. The molecule has 0 aliphatic rings. The predicted molar refractivity (Wildman–Crippen MR) is 76.2 cm³/mol. The van der Waals surface area contributed by atoms with E-state index in [1.165, 1.54) is 0 Å². The number of benzene rings is 1. The maximum atomic E-state index is 9.57. The Morgan fingerprint density at radius 3 is 2.40 bits per heavy atom. The fraction of sp³-hybridized carbons (Fsp3) is 0.600. The van der Waals surface area contributed by atoms with Crippen molar-refractivity contribution < 1.29 is 24.1 Å². The molecule has 1 N–H and O–H groups in total. The lowest BCUT2D eigenvalue weighted by atomic mass is 10.2. The molecule has 0 radical (unpaired) electrons. The van der Waals surface area contributed by atoms with Gasteiger partial charge in [0.15, 0.2) is 0 Å². The Morgan fingerprint density at radius 1 is 1.05 bits per heavy atom. The van der Waals surface area contributed by atoms with Gasteiger partial charge >= 0.3 is 0 Å². The minimum absolute atomic E-state index is 0.240. The smallest absolute Gasteiger partial charge is 0.119 e. The number of hydrogen-bond acceptors (Lipinski definition) is 5. The Kier molecular flexibility index (Phi) is 8.98. The molecule has 1 aromatic carbocycles. The lowest BCUT2D eigenvalue weighted by Gasteiger charge is -2.12. The lowest BCUT2D eigenvalue weighted by Crippen LogP contribution is -2.24. The lowest BCUT2D eigenvalue weighted by molar-refractivity contribution is -0.0320. The van der Waals surface area contributed by atoms with E-state index < -0.39 is 6.10 Å². The van der Waals surface area contributed by atoms with Crippen molar-refractivity contribution in [3.63, 3.8) is 0 Å². The van der Waals surface area contributed by atoms with Gasteiger partial charge in [-0.05, 0) is 24.6 Å². The Hall–Kier alpha value is -1.14. The highest BCUT2D eigenvalue weighted by molar-refractivity contribution is 5.27. The van der Waals surface area contributed by atoms with Crippen LogP contribution >= 0.6 is 0 Å². The van der Waals surface area contributed by atoms with E-state index in [0.717, 1.165) is 11.3 Å². The monoisotopic (exact) mass is 284 g/mol. The number of aryl methyl sites for hydroxylation is 1. The minimum Gasteiger partial charge on any atom is -0.491 e. The van der Waals surface area contributed by atoms with Gasteiger partial charge in [-0.3, -0.25) is 0 Å². The summed E-state index contributed by atoms with van der Waals surface area (Å²) in [5.74, 6) is 0.831. The molecule has 1 rings (SSSR count). The molecule has 0 amide bonds. The molecule has 0 aliphatic heterocycles. The number of rotatable bonds is 11. The molecule has 1 aromatic rings. The van der Waals surface area contributed by atoms with Gasteiger partial charge in [0.1, 0.15) is 18.5 Å². The first-order valence-corrected chi connectivity index (χ1v) is 6.74. The third kappa shape index (κ3) is 8.12. The molecule has 0 aliphatic carbocycles. The van der Waals surface area contributed by atoms with Gasteiger partial charge in [-0.25, -0.2) is 0 Å². The molecule has 0 saturated carbocycles. The van der Waals surface area contributed by atoms with Crippen LogP contribution in [0.4, 0.5) is 0 Å². The van der Waals surface area contributed by atoms with Crippen LogP contribution in [-0.2, 0) is 14.2 Å². The van der Waals surface area contributed by atoms with Gasteiger partial charge in [0.2, 0.25) is 0 Å². The van der Waals surface area contributed by atoms with E-state index in [-0.39, 0.29) is 13.2 Å². The zero-order chi connectivity index (χ0) is 14.6. The summed E-state index contributed by atoms with van der Waals surface area (Å²) in [6.07, 6.45) is -0.620. The summed E-state index contributed by atoms with van der Waals surface area (Å²) in [6, 6.07) is 7.85. The van der Waals surface area contributed by atoms with Crippen LogP contribution in [0.1, 0.15) is 5.56 Å². The van der Waals surface area contributed by atoms with Gasteiger partial charge in [-0.2, -0.15) is 0 Å². The maximum Gasteiger partial charge on any atom is 0.119 e. The fourth-order valence-electron chi connectivity index (χ4n) is 1.55. The van der Waals surface area contributed by atoms with Crippen LogP contribution < -0.4 is 4.74 Å². The van der Waals surface area contributed by atoms with Gasteiger partial charge in [-0.15, -0.1) is 0 Å². The molecule has 20 heavy (non-hydrogen) atoms. The van der Waals surface area contributed by atoms with Crippen molar-refractivity contribution in [1.29, 1.82) is 0 Å². The van der Waals surface area contributed by atoms with Crippen LogP contribution in [0.5, 0.6) is 5.75 Å². The number of hydrogen-bond donors (Lipinski definition) is 1. The Bertz CT molecular complexity index is 356. The second-order valence-electron chi connectivity index (χ2n) is 4.46. The van der Waals surface area contributed by atoms with Crippen molar-refractivity contribution in [2.75, 3.05) is 46.8 Å². The first kappa shape index (κ1) is 16.9. The number of aliphatic hydroxyl groups excluding tert-OH is 1. The van der Waals surface area contributed by atoms with Crippen molar-refractivity contribution in [2.45, 2.75) is 13.0 Å². The highest BCUT2D eigenvalue weighted by Crippen LogP contribution is 2.11. The minimum atomic E-state index is -0.620. The first-order chi connectivity index (χ1) is 9.72. The molecule has 1 unspecified atom stereocenters. The standard InChI is InChI=1S/C15H24O5/c1-13-4-3-5-15(10-13)20-9-8-19-12-14(16)11-18-7-6-17-2/h3-5,10,14,16H,6-9,11-12H2,1-2H3. The molecule has 0 bridgehead atoms. The summed E-state index contributed by atoms with van der Waals surface area (Å²) < 4.78 is 20.9. The van der Waals surface area contributed by atoms with E-state index in [2.05, 4.69) is 0 Å². The Labute approximate surface area is 120 Å². The summed E-state index contributed by atoms with van der Waals surface area (Å²) >= 11 is 0. The van der Waals surface area contributed by atoms with Gasteiger partial charge in [-0.1, -0.05) is 12.1 Å². The molecule has 0 spiro atoms. The zero-order valence-electron chi connectivity index (χ0n) is 12.2. The maximum absolute atomic E-state index is 9.57. The molecular formula is C15H24O5. The third-order valence-electron chi connectivity index (χ3n) is 2.54. The second-order valence-corrected chi connectivity index (χ2v) is 4.46. The number of ether oxygens (including phenoxy) is 4. The summed E-state index contributed by atoms with van der Waals surface area (Å²) in [5.41, 5.74) is 1.16. The van der Waals surface area contributed by atoms with Crippen LogP contribution in [0.3, 0.4) is 0 Å². The molecule has 1 atom stereocenters. The summed E-state index contributed by atoms with van der Waals surface area (Å²) in [5, 5.41) is 9.57. The average Bonchev–Trinajstić information content (AvgIpc) is 2.43. The highest BCUT2D eigenvalue weighted by Gasteiger charge is 2.04. The summed E-state index contributed by atoms with van der Waals surface area (Å²) in [4.78, 5) is 0. The topological polar surface area (TPSA) is 57.2 Å². The number of methoxy groups -OCH3 is 1. The van der Waals surface area contributed by atoms with E-state index in [1.54, 1.807) is 7.11 Å². The SMILES string of the molecule is COCCOCC(O)COCCOc1cccc(C)c1.